The molecule has 0 amide bonds. The SMILES string of the molecule is CCNc1cc(CC(C)C)nc(-c2ccc(Br)o2)n1. The molecule has 2 rings (SSSR count). The highest BCUT2D eigenvalue weighted by atomic mass is 79.9. The smallest absolute Gasteiger partial charge is 0.197 e. The lowest BCUT2D eigenvalue weighted by Crippen LogP contribution is -2.05. The number of furan rings is 1. The normalized spacial score (nSPS) is 11.0. The first-order valence-corrected chi connectivity index (χ1v) is 7.25. The van der Waals surface area contributed by atoms with E-state index in [1.807, 2.05) is 25.1 Å². The van der Waals surface area contributed by atoms with Gasteiger partial charge in [0.15, 0.2) is 16.3 Å². The van der Waals surface area contributed by atoms with Crippen molar-refractivity contribution >= 4 is 21.7 Å². The van der Waals surface area contributed by atoms with Gasteiger partial charge in [-0.15, -0.1) is 0 Å². The van der Waals surface area contributed by atoms with Crippen molar-refractivity contribution in [2.75, 3.05) is 11.9 Å². The minimum Gasteiger partial charge on any atom is -0.446 e. The van der Waals surface area contributed by atoms with Crippen LogP contribution in [0.1, 0.15) is 26.5 Å². The molecule has 1 N–H and O–H groups in total. The highest BCUT2D eigenvalue weighted by Gasteiger charge is 2.11. The molecule has 0 saturated carbocycles. The van der Waals surface area contributed by atoms with E-state index in [2.05, 4.69) is 45.1 Å². The second-order valence-corrected chi connectivity index (χ2v) is 5.58. The van der Waals surface area contributed by atoms with Gasteiger partial charge in [-0.2, -0.15) is 0 Å². The molecule has 2 aromatic rings. The molecule has 5 heteroatoms. The maximum atomic E-state index is 5.53. The van der Waals surface area contributed by atoms with Crippen LogP contribution >= 0.6 is 15.9 Å². The molecule has 0 saturated heterocycles. The van der Waals surface area contributed by atoms with Crippen molar-refractivity contribution in [1.82, 2.24) is 9.97 Å². The summed E-state index contributed by atoms with van der Waals surface area (Å²) >= 11 is 3.30. The molecule has 0 fully saturated rings. The molecule has 4 nitrogen and oxygen atoms in total. The summed E-state index contributed by atoms with van der Waals surface area (Å²) in [6, 6.07) is 5.72. The summed E-state index contributed by atoms with van der Waals surface area (Å²) in [6.07, 6.45) is 0.926. The first kappa shape index (κ1) is 14.1. The topological polar surface area (TPSA) is 51.0 Å². The summed E-state index contributed by atoms with van der Waals surface area (Å²) < 4.78 is 6.21. The van der Waals surface area contributed by atoms with Gasteiger partial charge in [-0.3, -0.25) is 0 Å². The third-order valence-corrected chi connectivity index (χ3v) is 2.97. The number of halogens is 1. The van der Waals surface area contributed by atoms with Gasteiger partial charge in [0.05, 0.1) is 0 Å². The maximum absolute atomic E-state index is 5.53. The molecular weight excluding hydrogens is 306 g/mol. The van der Waals surface area contributed by atoms with E-state index in [9.17, 15) is 0 Å². The Morgan fingerprint density at radius 2 is 2.11 bits per heavy atom. The van der Waals surface area contributed by atoms with E-state index in [1.54, 1.807) is 0 Å². The van der Waals surface area contributed by atoms with Crippen LogP contribution in [-0.2, 0) is 6.42 Å². The highest BCUT2D eigenvalue weighted by Crippen LogP contribution is 2.24. The molecule has 0 radical (unpaired) electrons. The van der Waals surface area contributed by atoms with Gasteiger partial charge in [-0.05, 0) is 47.3 Å². The number of aromatic nitrogens is 2. The molecule has 2 aromatic heterocycles. The van der Waals surface area contributed by atoms with Gasteiger partial charge in [0.25, 0.3) is 0 Å². The third kappa shape index (κ3) is 3.80. The first-order chi connectivity index (χ1) is 9.08. The molecule has 0 aliphatic carbocycles. The van der Waals surface area contributed by atoms with Gasteiger partial charge < -0.3 is 9.73 Å². The van der Waals surface area contributed by atoms with Crippen molar-refractivity contribution in [1.29, 1.82) is 0 Å². The molecule has 2 heterocycles. The zero-order chi connectivity index (χ0) is 13.8. The van der Waals surface area contributed by atoms with Gasteiger partial charge in [-0.1, -0.05) is 13.8 Å². The molecule has 0 aromatic carbocycles. The number of hydrogen-bond donors (Lipinski definition) is 1. The molecule has 0 aliphatic rings. The molecule has 0 aliphatic heterocycles. The van der Waals surface area contributed by atoms with Crippen molar-refractivity contribution in [2.45, 2.75) is 27.2 Å². The van der Waals surface area contributed by atoms with Crippen molar-refractivity contribution in [2.24, 2.45) is 5.92 Å². The second kappa shape index (κ2) is 6.19. The summed E-state index contributed by atoms with van der Waals surface area (Å²) in [7, 11) is 0. The Bertz CT molecular complexity index is 551. The largest absolute Gasteiger partial charge is 0.446 e. The highest BCUT2D eigenvalue weighted by molar-refractivity contribution is 9.10. The van der Waals surface area contributed by atoms with Crippen molar-refractivity contribution in [3.05, 3.63) is 28.6 Å². The molecule has 0 atom stereocenters. The molecular formula is C14H18BrN3O. The second-order valence-electron chi connectivity index (χ2n) is 4.80. The van der Waals surface area contributed by atoms with E-state index in [-0.39, 0.29) is 0 Å². The minimum atomic E-state index is 0.556. The molecule has 0 bridgehead atoms. The molecule has 0 spiro atoms. The average Bonchev–Trinajstić information content (AvgIpc) is 2.75. The van der Waals surface area contributed by atoms with Crippen LogP contribution in [0.25, 0.3) is 11.6 Å². The van der Waals surface area contributed by atoms with Crippen molar-refractivity contribution in [3.63, 3.8) is 0 Å². The van der Waals surface area contributed by atoms with Gasteiger partial charge in [0.1, 0.15) is 5.82 Å². The monoisotopic (exact) mass is 323 g/mol. The lowest BCUT2D eigenvalue weighted by Gasteiger charge is -2.09. The van der Waals surface area contributed by atoms with Crippen LogP contribution in [0.4, 0.5) is 5.82 Å². The van der Waals surface area contributed by atoms with Crippen LogP contribution in [0.5, 0.6) is 0 Å². The average molecular weight is 324 g/mol. The Hall–Kier alpha value is -1.36. The summed E-state index contributed by atoms with van der Waals surface area (Å²) in [5.74, 6) is 2.70. The summed E-state index contributed by atoms with van der Waals surface area (Å²) in [4.78, 5) is 9.05. The van der Waals surface area contributed by atoms with Crippen molar-refractivity contribution < 1.29 is 4.42 Å². The van der Waals surface area contributed by atoms with Crippen LogP contribution in [0.3, 0.4) is 0 Å². The van der Waals surface area contributed by atoms with Crippen LogP contribution in [0.2, 0.25) is 0 Å². The van der Waals surface area contributed by atoms with E-state index < -0.39 is 0 Å². The van der Waals surface area contributed by atoms with Crippen LogP contribution < -0.4 is 5.32 Å². The number of nitrogens with one attached hydrogen (secondary N) is 1. The van der Waals surface area contributed by atoms with Crippen molar-refractivity contribution in [3.8, 4) is 11.6 Å². The summed E-state index contributed by atoms with van der Waals surface area (Å²) in [6.45, 7) is 7.24. The number of hydrogen-bond acceptors (Lipinski definition) is 4. The van der Waals surface area contributed by atoms with Gasteiger partial charge in [0, 0.05) is 18.3 Å². The Labute approximate surface area is 121 Å². The van der Waals surface area contributed by atoms with Gasteiger partial charge in [-0.25, -0.2) is 9.97 Å². The quantitative estimate of drug-likeness (QED) is 0.898. The zero-order valence-corrected chi connectivity index (χ0v) is 13.0. The fraction of sp³-hybridized carbons (Fsp3) is 0.429. The zero-order valence-electron chi connectivity index (χ0n) is 11.4. The van der Waals surface area contributed by atoms with E-state index in [0.29, 0.717) is 22.2 Å². The third-order valence-electron chi connectivity index (χ3n) is 2.55. The number of rotatable bonds is 5. The van der Waals surface area contributed by atoms with E-state index in [4.69, 9.17) is 4.42 Å². The van der Waals surface area contributed by atoms with Crippen LogP contribution in [-0.4, -0.2) is 16.5 Å². The lowest BCUT2D eigenvalue weighted by molar-refractivity contribution is 0.550. The Balaban J connectivity index is 2.38. The number of nitrogens with zero attached hydrogens (tertiary/aromatic N) is 2. The van der Waals surface area contributed by atoms with E-state index in [1.165, 1.54) is 0 Å². The number of anilines is 1. The van der Waals surface area contributed by atoms with Crippen LogP contribution in [0.15, 0.2) is 27.3 Å². The molecule has 19 heavy (non-hydrogen) atoms. The molecule has 0 unspecified atom stereocenters. The predicted octanol–water partition coefficient (Wildman–Crippen LogP) is 4.13. The Morgan fingerprint density at radius 1 is 1.32 bits per heavy atom. The fourth-order valence-corrected chi connectivity index (χ4v) is 2.14. The van der Waals surface area contributed by atoms with E-state index >= 15 is 0 Å². The summed E-state index contributed by atoms with van der Waals surface area (Å²) in [5.41, 5.74) is 1.03. The predicted molar refractivity (Wildman–Crippen MR) is 80.1 cm³/mol. The lowest BCUT2D eigenvalue weighted by atomic mass is 10.1. The maximum Gasteiger partial charge on any atom is 0.197 e. The minimum absolute atomic E-state index is 0.556. The molecule has 102 valence electrons. The summed E-state index contributed by atoms with van der Waals surface area (Å²) in [5, 5.41) is 3.23. The Morgan fingerprint density at radius 3 is 2.68 bits per heavy atom. The fourth-order valence-electron chi connectivity index (χ4n) is 1.84. The van der Waals surface area contributed by atoms with Crippen LogP contribution in [0, 0.1) is 5.92 Å². The Kier molecular flexibility index (Phi) is 4.58. The standard InChI is InChI=1S/C14H18BrN3O/c1-4-16-13-8-10(7-9(2)3)17-14(18-13)11-5-6-12(15)19-11/h5-6,8-9H,4,7H2,1-3H3,(H,16,17,18). The van der Waals surface area contributed by atoms with E-state index in [0.717, 1.165) is 24.5 Å². The van der Waals surface area contributed by atoms with Gasteiger partial charge in [0.2, 0.25) is 0 Å². The van der Waals surface area contributed by atoms with Gasteiger partial charge >= 0.3 is 0 Å². The first-order valence-electron chi connectivity index (χ1n) is 6.46.